The predicted molar refractivity (Wildman–Crippen MR) is 106 cm³/mol. The van der Waals surface area contributed by atoms with Crippen LogP contribution in [-0.4, -0.2) is 32.6 Å². The summed E-state index contributed by atoms with van der Waals surface area (Å²) < 4.78 is 19.2. The van der Waals surface area contributed by atoms with E-state index < -0.39 is 22.9 Å². The van der Waals surface area contributed by atoms with Gasteiger partial charge in [-0.1, -0.05) is 6.07 Å². The Hall–Kier alpha value is -4.08. The van der Waals surface area contributed by atoms with Crippen molar-refractivity contribution in [1.29, 1.82) is 0 Å². The number of nitrogens with one attached hydrogen (secondary N) is 2. The molecule has 0 aliphatic carbocycles. The number of rotatable bonds is 4. The summed E-state index contributed by atoms with van der Waals surface area (Å²) in [6.45, 7) is 0. The van der Waals surface area contributed by atoms with E-state index in [1.807, 2.05) is 0 Å². The van der Waals surface area contributed by atoms with Crippen LogP contribution in [-0.2, 0) is 0 Å². The Morgan fingerprint density at radius 3 is 2.60 bits per heavy atom. The summed E-state index contributed by atoms with van der Waals surface area (Å²) in [6, 6.07) is 9.32. The first-order chi connectivity index (χ1) is 14.4. The van der Waals surface area contributed by atoms with Crippen molar-refractivity contribution in [1.82, 2.24) is 15.0 Å². The number of aromatic nitrogens is 2. The van der Waals surface area contributed by atoms with E-state index >= 15 is 0 Å². The van der Waals surface area contributed by atoms with E-state index in [0.29, 0.717) is 0 Å². The van der Waals surface area contributed by atoms with Crippen molar-refractivity contribution in [3.63, 3.8) is 0 Å². The van der Waals surface area contributed by atoms with Gasteiger partial charge < -0.3 is 20.4 Å². The third-order valence-electron chi connectivity index (χ3n) is 4.82. The van der Waals surface area contributed by atoms with Gasteiger partial charge in [0.1, 0.15) is 11.4 Å². The van der Waals surface area contributed by atoms with Crippen molar-refractivity contribution in [2.24, 2.45) is 5.10 Å². The maximum atomic E-state index is 13.2. The van der Waals surface area contributed by atoms with Gasteiger partial charge in [-0.05, 0) is 42.0 Å². The summed E-state index contributed by atoms with van der Waals surface area (Å²) in [6.07, 6.45) is 0.228. The van der Waals surface area contributed by atoms with Crippen LogP contribution in [0.2, 0.25) is 0 Å². The van der Waals surface area contributed by atoms with Gasteiger partial charge in [-0.2, -0.15) is 5.10 Å². The second kappa shape index (κ2) is 7.39. The van der Waals surface area contributed by atoms with Gasteiger partial charge in [0.2, 0.25) is 5.88 Å². The first kappa shape index (κ1) is 19.2. The molecule has 0 saturated heterocycles. The summed E-state index contributed by atoms with van der Waals surface area (Å²) in [7, 11) is 1.43. The number of hydrogen-bond acceptors (Lipinski definition) is 7. The van der Waals surface area contributed by atoms with E-state index in [2.05, 4.69) is 15.5 Å². The predicted octanol–water partition coefficient (Wildman–Crippen LogP) is 1.52. The number of phenols is 1. The van der Waals surface area contributed by atoms with Gasteiger partial charge in [-0.15, -0.1) is 0 Å². The standard InChI is InChI=1S/C20H17FN4O5/c1-30-16-8-10(2-7-15(16)26)13-9-14(24-23-13)17-18(27)22-20(29)25(19(17)28)12-5-3-11(21)4-6-12/h2-8,13,23,26,28H,9H2,1H3,(H,22,27,29). The molecule has 154 valence electrons. The number of phenolic OH excluding ortho intramolecular Hbond substituents is 1. The van der Waals surface area contributed by atoms with Gasteiger partial charge >= 0.3 is 5.69 Å². The van der Waals surface area contributed by atoms with E-state index in [9.17, 15) is 24.2 Å². The smallest absolute Gasteiger partial charge is 0.335 e. The molecule has 0 spiro atoms. The molecule has 1 atom stereocenters. The van der Waals surface area contributed by atoms with Crippen LogP contribution in [0.5, 0.6) is 17.4 Å². The van der Waals surface area contributed by atoms with Crippen molar-refractivity contribution in [2.45, 2.75) is 12.5 Å². The number of aromatic hydroxyl groups is 2. The van der Waals surface area contributed by atoms with E-state index in [1.165, 1.54) is 25.3 Å². The molecule has 1 aliphatic heterocycles. The van der Waals surface area contributed by atoms with Crippen LogP contribution in [0.15, 0.2) is 57.2 Å². The lowest BCUT2D eigenvalue weighted by Crippen LogP contribution is -2.33. The second-order valence-electron chi connectivity index (χ2n) is 6.65. The van der Waals surface area contributed by atoms with Gasteiger partial charge in [-0.3, -0.25) is 9.78 Å². The van der Waals surface area contributed by atoms with Crippen molar-refractivity contribution in [2.75, 3.05) is 7.11 Å². The molecule has 3 aromatic rings. The Morgan fingerprint density at radius 1 is 1.17 bits per heavy atom. The van der Waals surface area contributed by atoms with Crippen molar-refractivity contribution in [3.05, 3.63) is 80.2 Å². The average Bonchev–Trinajstić information content (AvgIpc) is 3.19. The zero-order valence-corrected chi connectivity index (χ0v) is 15.7. The molecular weight excluding hydrogens is 395 g/mol. The number of hydrogen-bond donors (Lipinski definition) is 4. The minimum Gasteiger partial charge on any atom is -0.504 e. The second-order valence-corrected chi connectivity index (χ2v) is 6.65. The van der Waals surface area contributed by atoms with Crippen molar-refractivity contribution < 1.29 is 19.3 Å². The maximum Gasteiger partial charge on any atom is 0.335 e. The Balaban J connectivity index is 1.71. The van der Waals surface area contributed by atoms with Crippen LogP contribution in [0.1, 0.15) is 23.6 Å². The fraction of sp³-hybridized carbons (Fsp3) is 0.150. The molecule has 30 heavy (non-hydrogen) atoms. The zero-order valence-electron chi connectivity index (χ0n) is 15.7. The molecule has 2 aromatic carbocycles. The van der Waals surface area contributed by atoms with Gasteiger partial charge in [0, 0.05) is 6.42 Å². The first-order valence-electron chi connectivity index (χ1n) is 8.92. The summed E-state index contributed by atoms with van der Waals surface area (Å²) in [4.78, 5) is 26.8. The summed E-state index contributed by atoms with van der Waals surface area (Å²) >= 11 is 0. The number of ether oxygens (including phenoxy) is 1. The summed E-state index contributed by atoms with van der Waals surface area (Å²) in [5.41, 5.74) is 2.22. The van der Waals surface area contributed by atoms with Crippen LogP contribution in [0.4, 0.5) is 4.39 Å². The van der Waals surface area contributed by atoms with Crippen molar-refractivity contribution >= 4 is 5.71 Å². The van der Waals surface area contributed by atoms with E-state index in [4.69, 9.17) is 4.74 Å². The first-order valence-corrected chi connectivity index (χ1v) is 8.92. The molecule has 10 heteroatoms. The number of hydrazone groups is 1. The number of H-pyrrole nitrogens is 1. The lowest BCUT2D eigenvalue weighted by molar-refractivity contribution is 0.372. The number of aromatic amines is 1. The Bertz CT molecular complexity index is 1260. The van der Waals surface area contributed by atoms with Crippen LogP contribution in [0.3, 0.4) is 0 Å². The number of halogens is 1. The lowest BCUT2D eigenvalue weighted by atomic mass is 9.99. The van der Waals surface area contributed by atoms with E-state index in [-0.39, 0.29) is 40.9 Å². The molecule has 1 aromatic heterocycles. The molecule has 1 unspecified atom stereocenters. The Morgan fingerprint density at radius 2 is 1.90 bits per heavy atom. The number of nitrogens with zero attached hydrogens (tertiary/aromatic N) is 2. The van der Waals surface area contributed by atoms with Gasteiger partial charge in [0.05, 0.1) is 24.6 Å². The molecular formula is C20H17FN4O5. The highest BCUT2D eigenvalue weighted by atomic mass is 19.1. The lowest BCUT2D eigenvalue weighted by Gasteiger charge is -2.13. The molecule has 0 radical (unpaired) electrons. The monoisotopic (exact) mass is 412 g/mol. The quantitative estimate of drug-likeness (QED) is 0.514. The summed E-state index contributed by atoms with van der Waals surface area (Å²) in [5.74, 6) is -0.832. The fourth-order valence-electron chi connectivity index (χ4n) is 3.32. The zero-order chi connectivity index (χ0) is 21.4. The molecule has 2 heterocycles. The highest BCUT2D eigenvalue weighted by Gasteiger charge is 2.28. The molecule has 4 N–H and O–H groups in total. The molecule has 0 bridgehead atoms. The molecule has 0 saturated carbocycles. The van der Waals surface area contributed by atoms with E-state index in [1.54, 1.807) is 12.1 Å². The minimum atomic E-state index is -0.862. The van der Waals surface area contributed by atoms with Gasteiger partial charge in [-0.25, -0.2) is 13.8 Å². The van der Waals surface area contributed by atoms with Crippen molar-refractivity contribution in [3.8, 4) is 23.1 Å². The highest BCUT2D eigenvalue weighted by Crippen LogP contribution is 2.32. The van der Waals surface area contributed by atoms with Gasteiger partial charge in [0.25, 0.3) is 5.56 Å². The normalized spacial score (nSPS) is 15.5. The maximum absolute atomic E-state index is 13.2. The Labute approximate surface area is 168 Å². The largest absolute Gasteiger partial charge is 0.504 e. The fourth-order valence-corrected chi connectivity index (χ4v) is 3.32. The van der Waals surface area contributed by atoms with Crippen LogP contribution >= 0.6 is 0 Å². The third-order valence-corrected chi connectivity index (χ3v) is 4.82. The molecule has 1 aliphatic rings. The SMILES string of the molecule is COc1cc(C2CC(c3c(O)n(-c4ccc(F)cc4)c(=O)[nH]c3=O)=NN2)ccc1O. The molecule has 4 rings (SSSR count). The van der Waals surface area contributed by atoms with E-state index in [0.717, 1.165) is 22.3 Å². The van der Waals surface area contributed by atoms with Crippen LogP contribution in [0, 0.1) is 5.82 Å². The number of benzene rings is 2. The molecule has 9 nitrogen and oxygen atoms in total. The van der Waals surface area contributed by atoms with Crippen LogP contribution < -0.4 is 21.4 Å². The summed E-state index contributed by atoms with van der Waals surface area (Å²) in [5, 5.41) is 24.6. The topological polar surface area (TPSA) is 129 Å². The average molecular weight is 412 g/mol. The third kappa shape index (κ3) is 3.28. The minimum absolute atomic E-state index is 0.0131. The van der Waals surface area contributed by atoms with Gasteiger partial charge in [0.15, 0.2) is 11.5 Å². The Kier molecular flexibility index (Phi) is 4.74. The van der Waals surface area contributed by atoms with Crippen LogP contribution in [0.25, 0.3) is 5.69 Å². The number of methoxy groups -OCH3 is 1. The molecule has 0 amide bonds. The molecule has 0 fully saturated rings. The highest BCUT2D eigenvalue weighted by molar-refractivity contribution is 6.03.